The van der Waals surface area contributed by atoms with E-state index < -0.39 is 0 Å². The molecule has 0 spiro atoms. The molecular formula is C21H19ClN4O2S2. The summed E-state index contributed by atoms with van der Waals surface area (Å²) in [5.74, 6) is -0.421. The lowest BCUT2D eigenvalue weighted by Crippen LogP contribution is -2.24. The number of benzene rings is 2. The van der Waals surface area contributed by atoms with Crippen molar-refractivity contribution in [3.05, 3.63) is 71.3 Å². The molecule has 0 bridgehead atoms. The first-order chi connectivity index (χ1) is 14.5. The Morgan fingerprint density at radius 1 is 1.10 bits per heavy atom. The average molecular weight is 459 g/mol. The van der Waals surface area contributed by atoms with Gasteiger partial charge in [0.2, 0.25) is 16.9 Å². The highest BCUT2D eigenvalue weighted by molar-refractivity contribution is 8.02. The molecule has 154 valence electrons. The van der Waals surface area contributed by atoms with Crippen molar-refractivity contribution in [2.75, 3.05) is 10.6 Å². The Labute approximate surface area is 187 Å². The molecular weight excluding hydrogens is 440 g/mol. The first kappa shape index (κ1) is 22.0. The van der Waals surface area contributed by atoms with Gasteiger partial charge < -0.3 is 5.32 Å². The van der Waals surface area contributed by atoms with Crippen LogP contribution < -0.4 is 10.6 Å². The number of anilines is 2. The molecule has 0 aliphatic rings. The first-order valence-corrected chi connectivity index (χ1v) is 11.2. The van der Waals surface area contributed by atoms with Crippen molar-refractivity contribution in [3.8, 4) is 0 Å². The molecule has 0 saturated heterocycles. The highest BCUT2D eigenvalue weighted by atomic mass is 35.5. The second-order valence-electron chi connectivity index (χ2n) is 6.12. The standard InChI is InChI=1S/C21H19ClN4O2S2/c1-2-17(19(28)23-16-11-9-15(22)10-12-16)29-21-26-25-20(30-21)24-18(27)13-8-14-6-4-3-5-7-14/h3-13,17H,2H2,1H3,(H,23,28)(H,24,25,27). The number of halogens is 1. The van der Waals surface area contributed by atoms with E-state index in [4.69, 9.17) is 11.6 Å². The van der Waals surface area contributed by atoms with E-state index in [9.17, 15) is 9.59 Å². The van der Waals surface area contributed by atoms with Gasteiger partial charge in [-0.15, -0.1) is 10.2 Å². The molecule has 2 aromatic carbocycles. The van der Waals surface area contributed by atoms with Crippen LogP contribution in [0.5, 0.6) is 0 Å². The second kappa shape index (κ2) is 10.9. The number of rotatable bonds is 8. The van der Waals surface area contributed by atoms with Crippen LogP contribution in [0, 0.1) is 0 Å². The van der Waals surface area contributed by atoms with Gasteiger partial charge in [-0.2, -0.15) is 0 Å². The van der Waals surface area contributed by atoms with Crippen molar-refractivity contribution < 1.29 is 9.59 Å². The molecule has 30 heavy (non-hydrogen) atoms. The molecule has 0 fully saturated rings. The average Bonchev–Trinajstić information content (AvgIpc) is 3.19. The normalized spacial score (nSPS) is 11.9. The van der Waals surface area contributed by atoms with Crippen molar-refractivity contribution in [1.82, 2.24) is 10.2 Å². The summed E-state index contributed by atoms with van der Waals surface area (Å²) in [4.78, 5) is 24.6. The summed E-state index contributed by atoms with van der Waals surface area (Å²) in [6.45, 7) is 1.93. The van der Waals surface area contributed by atoms with E-state index in [1.807, 2.05) is 37.3 Å². The number of hydrogen-bond donors (Lipinski definition) is 2. The fourth-order valence-corrected chi connectivity index (χ4v) is 4.44. The minimum Gasteiger partial charge on any atom is -0.325 e. The molecule has 1 heterocycles. The lowest BCUT2D eigenvalue weighted by Gasteiger charge is -2.13. The zero-order valence-corrected chi connectivity index (χ0v) is 18.4. The molecule has 6 nitrogen and oxygen atoms in total. The predicted octanol–water partition coefficient (Wildman–Crippen LogP) is 5.35. The Hall–Kier alpha value is -2.68. The highest BCUT2D eigenvalue weighted by Crippen LogP contribution is 2.31. The smallest absolute Gasteiger partial charge is 0.250 e. The predicted molar refractivity (Wildman–Crippen MR) is 124 cm³/mol. The van der Waals surface area contributed by atoms with Gasteiger partial charge in [-0.3, -0.25) is 14.9 Å². The van der Waals surface area contributed by atoms with Crippen LogP contribution in [0.15, 0.2) is 65.0 Å². The molecule has 1 atom stereocenters. The molecule has 3 aromatic rings. The van der Waals surface area contributed by atoms with E-state index >= 15 is 0 Å². The number of nitrogens with one attached hydrogen (secondary N) is 2. The molecule has 2 amide bonds. The Morgan fingerprint density at radius 2 is 1.83 bits per heavy atom. The van der Waals surface area contributed by atoms with E-state index in [1.54, 1.807) is 30.3 Å². The second-order valence-corrected chi connectivity index (χ2v) is 8.98. The van der Waals surface area contributed by atoms with Crippen LogP contribution in [0.3, 0.4) is 0 Å². The zero-order chi connectivity index (χ0) is 21.3. The fourth-order valence-electron chi connectivity index (χ4n) is 2.39. The van der Waals surface area contributed by atoms with E-state index in [1.165, 1.54) is 29.2 Å². The summed E-state index contributed by atoms with van der Waals surface area (Å²) in [7, 11) is 0. The van der Waals surface area contributed by atoms with Crippen LogP contribution in [0.1, 0.15) is 18.9 Å². The minimum atomic E-state index is -0.338. The van der Waals surface area contributed by atoms with Crippen LogP contribution in [0.4, 0.5) is 10.8 Å². The SMILES string of the molecule is CCC(Sc1nnc(NC(=O)C=Cc2ccccc2)s1)C(=O)Nc1ccc(Cl)cc1. The Balaban J connectivity index is 1.55. The monoisotopic (exact) mass is 458 g/mol. The van der Waals surface area contributed by atoms with Gasteiger partial charge in [-0.1, -0.05) is 72.0 Å². The number of amides is 2. The Kier molecular flexibility index (Phi) is 8.01. The van der Waals surface area contributed by atoms with Crippen molar-refractivity contribution in [3.63, 3.8) is 0 Å². The summed E-state index contributed by atoms with van der Waals surface area (Å²) < 4.78 is 0.607. The maximum atomic E-state index is 12.6. The summed E-state index contributed by atoms with van der Waals surface area (Å²) >= 11 is 8.41. The van der Waals surface area contributed by atoms with Crippen molar-refractivity contribution in [2.45, 2.75) is 22.9 Å². The maximum absolute atomic E-state index is 12.6. The van der Waals surface area contributed by atoms with Gasteiger partial charge in [0.1, 0.15) is 0 Å². The third-order valence-electron chi connectivity index (χ3n) is 3.88. The minimum absolute atomic E-state index is 0.128. The molecule has 9 heteroatoms. The number of nitrogens with zero attached hydrogens (tertiary/aromatic N) is 2. The van der Waals surface area contributed by atoms with Gasteiger partial charge in [0.25, 0.3) is 0 Å². The number of thioether (sulfide) groups is 1. The third kappa shape index (κ3) is 6.69. The number of aromatic nitrogens is 2. The van der Waals surface area contributed by atoms with Gasteiger partial charge in [-0.05, 0) is 42.3 Å². The topological polar surface area (TPSA) is 84.0 Å². The van der Waals surface area contributed by atoms with Crippen LogP contribution in [0.25, 0.3) is 6.08 Å². The van der Waals surface area contributed by atoms with E-state index in [0.717, 1.165) is 5.56 Å². The highest BCUT2D eigenvalue weighted by Gasteiger charge is 2.20. The van der Waals surface area contributed by atoms with E-state index in [0.29, 0.717) is 26.6 Å². The largest absolute Gasteiger partial charge is 0.325 e. The quantitative estimate of drug-likeness (QED) is 0.270. The van der Waals surface area contributed by atoms with Gasteiger partial charge in [0.05, 0.1) is 5.25 Å². The molecule has 0 aliphatic heterocycles. The molecule has 0 radical (unpaired) electrons. The molecule has 1 unspecified atom stereocenters. The lowest BCUT2D eigenvalue weighted by molar-refractivity contribution is -0.115. The number of hydrogen-bond acceptors (Lipinski definition) is 6. The summed E-state index contributed by atoms with van der Waals surface area (Å²) in [5.41, 5.74) is 1.61. The molecule has 2 N–H and O–H groups in total. The van der Waals surface area contributed by atoms with Gasteiger partial charge in [0, 0.05) is 16.8 Å². The fraction of sp³-hybridized carbons (Fsp3) is 0.143. The molecule has 3 rings (SSSR count). The van der Waals surface area contributed by atoms with Crippen molar-refractivity contribution >= 4 is 63.4 Å². The Bertz CT molecular complexity index is 1020. The lowest BCUT2D eigenvalue weighted by atomic mass is 10.2. The molecule has 1 aromatic heterocycles. The van der Waals surface area contributed by atoms with Crippen LogP contribution in [0.2, 0.25) is 5.02 Å². The van der Waals surface area contributed by atoms with E-state index in [-0.39, 0.29) is 17.1 Å². The van der Waals surface area contributed by atoms with Gasteiger partial charge >= 0.3 is 0 Å². The molecule has 0 saturated carbocycles. The summed E-state index contributed by atoms with van der Waals surface area (Å²) in [6.07, 6.45) is 3.78. The van der Waals surface area contributed by atoms with Gasteiger partial charge in [0.15, 0.2) is 4.34 Å². The van der Waals surface area contributed by atoms with Gasteiger partial charge in [-0.25, -0.2) is 0 Å². The number of carbonyl (C=O) groups excluding carboxylic acids is 2. The summed E-state index contributed by atoms with van der Waals surface area (Å²) in [5, 5.41) is 14.3. The van der Waals surface area contributed by atoms with Crippen molar-refractivity contribution in [2.24, 2.45) is 0 Å². The van der Waals surface area contributed by atoms with Crippen LogP contribution in [-0.4, -0.2) is 27.3 Å². The summed E-state index contributed by atoms with van der Waals surface area (Å²) in [6, 6.07) is 16.5. The number of carbonyl (C=O) groups is 2. The Morgan fingerprint density at radius 3 is 2.53 bits per heavy atom. The van der Waals surface area contributed by atoms with Crippen LogP contribution >= 0.6 is 34.7 Å². The van der Waals surface area contributed by atoms with E-state index in [2.05, 4.69) is 20.8 Å². The van der Waals surface area contributed by atoms with Crippen molar-refractivity contribution in [1.29, 1.82) is 0 Å². The first-order valence-electron chi connectivity index (χ1n) is 9.14. The van der Waals surface area contributed by atoms with Crippen LogP contribution in [-0.2, 0) is 9.59 Å². The molecule has 0 aliphatic carbocycles. The zero-order valence-electron chi connectivity index (χ0n) is 16.0. The maximum Gasteiger partial charge on any atom is 0.250 e. The third-order valence-corrected chi connectivity index (χ3v) is 6.42.